The lowest BCUT2D eigenvalue weighted by molar-refractivity contribution is 0.406. The quantitative estimate of drug-likeness (QED) is 0.792. The number of epoxide rings is 2. The summed E-state index contributed by atoms with van der Waals surface area (Å²) in [5.74, 6) is 0.524. The zero-order valence-corrected chi connectivity index (χ0v) is 14.7. The summed E-state index contributed by atoms with van der Waals surface area (Å²) in [6.45, 7) is 5.65. The predicted octanol–water partition coefficient (Wildman–Crippen LogP) is 3.31. The molecular weight excluding hydrogens is 316 g/mol. The van der Waals surface area contributed by atoms with Crippen LogP contribution in [0.15, 0.2) is 36.4 Å². The molecule has 4 heteroatoms. The Bertz CT molecular complexity index is 723. The van der Waals surface area contributed by atoms with Gasteiger partial charge in [0.25, 0.3) is 0 Å². The van der Waals surface area contributed by atoms with Gasteiger partial charge in [-0.1, -0.05) is 38.1 Å². The van der Waals surface area contributed by atoms with Crippen LogP contribution < -0.4 is 0 Å². The Kier molecular flexibility index (Phi) is 3.97. The summed E-state index contributed by atoms with van der Waals surface area (Å²) in [5.41, 5.74) is 3.26. The third-order valence-electron chi connectivity index (χ3n) is 5.20. The number of benzene rings is 2. The molecular formula is C21H24O4. The van der Waals surface area contributed by atoms with E-state index in [0.717, 1.165) is 48.3 Å². The van der Waals surface area contributed by atoms with E-state index in [1.807, 2.05) is 50.2 Å². The normalized spacial score (nSPS) is 22.0. The molecule has 132 valence electrons. The molecule has 4 rings (SSSR count). The smallest absolute Gasteiger partial charge is 0.119 e. The summed E-state index contributed by atoms with van der Waals surface area (Å²) >= 11 is 0. The Balaban J connectivity index is 1.61. The summed E-state index contributed by atoms with van der Waals surface area (Å²) in [6.07, 6.45) is 2.25. The molecule has 0 aromatic heterocycles. The first kappa shape index (κ1) is 16.4. The van der Waals surface area contributed by atoms with Gasteiger partial charge in [-0.05, 0) is 23.3 Å². The average molecular weight is 340 g/mol. The van der Waals surface area contributed by atoms with Gasteiger partial charge in [-0.2, -0.15) is 0 Å². The van der Waals surface area contributed by atoms with Crippen LogP contribution in [0.5, 0.6) is 11.5 Å². The second-order valence-electron chi connectivity index (χ2n) is 7.65. The lowest BCUT2D eigenvalue weighted by Gasteiger charge is -2.28. The summed E-state index contributed by atoms with van der Waals surface area (Å²) in [6, 6.07) is 11.6. The molecule has 2 aromatic carbocycles. The monoisotopic (exact) mass is 340 g/mol. The first-order chi connectivity index (χ1) is 11.9. The second-order valence-corrected chi connectivity index (χ2v) is 7.65. The molecule has 0 amide bonds. The summed E-state index contributed by atoms with van der Waals surface area (Å²) in [4.78, 5) is 0. The molecule has 2 N–H and O–H groups in total. The molecule has 0 bridgehead atoms. The SMILES string of the molecule is CC(C)(c1ccc(CC2CO2)cc1O)c1ccc(CC2CO2)cc1O. The van der Waals surface area contributed by atoms with Crippen LogP contribution in [0.4, 0.5) is 0 Å². The van der Waals surface area contributed by atoms with E-state index in [-0.39, 0.29) is 11.5 Å². The van der Waals surface area contributed by atoms with E-state index in [0.29, 0.717) is 12.2 Å². The van der Waals surface area contributed by atoms with Gasteiger partial charge in [-0.25, -0.2) is 0 Å². The molecule has 25 heavy (non-hydrogen) atoms. The van der Waals surface area contributed by atoms with Gasteiger partial charge in [-0.15, -0.1) is 0 Å². The first-order valence-corrected chi connectivity index (χ1v) is 8.81. The minimum atomic E-state index is -0.503. The van der Waals surface area contributed by atoms with Crippen LogP contribution in [0.3, 0.4) is 0 Å². The third-order valence-corrected chi connectivity index (χ3v) is 5.20. The fourth-order valence-corrected chi connectivity index (χ4v) is 3.51. The molecule has 0 radical (unpaired) electrons. The van der Waals surface area contributed by atoms with E-state index >= 15 is 0 Å². The van der Waals surface area contributed by atoms with Crippen molar-refractivity contribution in [3.05, 3.63) is 58.7 Å². The molecule has 0 aliphatic carbocycles. The Labute approximate surface area is 148 Å². The molecule has 2 fully saturated rings. The van der Waals surface area contributed by atoms with Gasteiger partial charge in [-0.3, -0.25) is 0 Å². The minimum absolute atomic E-state index is 0.262. The number of hydrogen-bond donors (Lipinski definition) is 2. The highest BCUT2D eigenvalue weighted by atomic mass is 16.6. The molecule has 2 heterocycles. The second kappa shape index (κ2) is 6.04. The Morgan fingerprint density at radius 1 is 0.840 bits per heavy atom. The van der Waals surface area contributed by atoms with Crippen molar-refractivity contribution in [1.29, 1.82) is 0 Å². The Morgan fingerprint density at radius 3 is 1.56 bits per heavy atom. The third kappa shape index (κ3) is 3.51. The molecule has 2 atom stereocenters. The highest BCUT2D eigenvalue weighted by molar-refractivity contribution is 5.52. The van der Waals surface area contributed by atoms with Crippen molar-refractivity contribution in [2.75, 3.05) is 13.2 Å². The average Bonchev–Trinajstić information content (AvgIpc) is 3.44. The Hall–Kier alpha value is -2.04. The maximum atomic E-state index is 10.6. The van der Waals surface area contributed by atoms with Gasteiger partial charge in [0, 0.05) is 29.4 Å². The fourth-order valence-electron chi connectivity index (χ4n) is 3.51. The Morgan fingerprint density at radius 2 is 1.24 bits per heavy atom. The van der Waals surface area contributed by atoms with E-state index in [9.17, 15) is 10.2 Å². The standard InChI is InChI=1S/C21H24O4/c1-21(2,17-5-3-13(9-19(17)22)7-15-11-24-15)18-6-4-14(10-20(18)23)8-16-12-25-16/h3-6,9-10,15-16,22-23H,7-8,11-12H2,1-2H3. The number of ether oxygens (including phenoxy) is 2. The van der Waals surface area contributed by atoms with Crippen molar-refractivity contribution >= 4 is 0 Å². The van der Waals surface area contributed by atoms with Gasteiger partial charge in [0.05, 0.1) is 25.4 Å². The van der Waals surface area contributed by atoms with Gasteiger partial charge in [0.15, 0.2) is 0 Å². The maximum absolute atomic E-state index is 10.6. The molecule has 2 unspecified atom stereocenters. The predicted molar refractivity (Wildman–Crippen MR) is 95.2 cm³/mol. The van der Waals surface area contributed by atoms with Crippen LogP contribution in [-0.4, -0.2) is 35.6 Å². The summed E-state index contributed by atoms with van der Waals surface area (Å²) in [5, 5.41) is 21.1. The van der Waals surface area contributed by atoms with Crippen molar-refractivity contribution in [1.82, 2.24) is 0 Å². The van der Waals surface area contributed by atoms with Crippen LogP contribution in [0.1, 0.15) is 36.1 Å². The van der Waals surface area contributed by atoms with Crippen molar-refractivity contribution in [3.63, 3.8) is 0 Å². The molecule has 2 saturated heterocycles. The van der Waals surface area contributed by atoms with E-state index < -0.39 is 5.41 Å². The number of phenols is 2. The zero-order valence-electron chi connectivity index (χ0n) is 14.7. The molecule has 2 aliphatic rings. The molecule has 2 aliphatic heterocycles. The van der Waals surface area contributed by atoms with Crippen molar-refractivity contribution in [2.45, 2.75) is 44.3 Å². The van der Waals surface area contributed by atoms with E-state index in [2.05, 4.69) is 0 Å². The highest BCUT2D eigenvalue weighted by Gasteiger charge is 2.30. The van der Waals surface area contributed by atoms with Crippen LogP contribution in [0, 0.1) is 0 Å². The highest BCUT2D eigenvalue weighted by Crippen LogP contribution is 2.41. The molecule has 4 nitrogen and oxygen atoms in total. The van der Waals surface area contributed by atoms with E-state index in [1.165, 1.54) is 0 Å². The molecule has 0 spiro atoms. The van der Waals surface area contributed by atoms with Crippen LogP contribution in [-0.2, 0) is 27.7 Å². The summed E-state index contributed by atoms with van der Waals surface area (Å²) in [7, 11) is 0. The van der Waals surface area contributed by atoms with Gasteiger partial charge >= 0.3 is 0 Å². The van der Waals surface area contributed by atoms with Crippen LogP contribution in [0.25, 0.3) is 0 Å². The topological polar surface area (TPSA) is 65.5 Å². The number of phenolic OH excluding ortho intramolecular Hbond substituents is 2. The van der Waals surface area contributed by atoms with Gasteiger partial charge in [0.1, 0.15) is 11.5 Å². The van der Waals surface area contributed by atoms with Gasteiger partial charge in [0.2, 0.25) is 0 Å². The minimum Gasteiger partial charge on any atom is -0.508 e. The van der Waals surface area contributed by atoms with Gasteiger partial charge < -0.3 is 19.7 Å². The zero-order chi connectivity index (χ0) is 17.6. The molecule has 0 saturated carbocycles. The number of aromatic hydroxyl groups is 2. The van der Waals surface area contributed by atoms with E-state index in [1.54, 1.807) is 0 Å². The summed E-state index contributed by atoms with van der Waals surface area (Å²) < 4.78 is 10.5. The maximum Gasteiger partial charge on any atom is 0.119 e. The first-order valence-electron chi connectivity index (χ1n) is 8.81. The largest absolute Gasteiger partial charge is 0.508 e. The van der Waals surface area contributed by atoms with Crippen LogP contribution >= 0.6 is 0 Å². The number of rotatable bonds is 6. The molecule has 2 aromatic rings. The lowest BCUT2D eigenvalue weighted by atomic mass is 9.76. The van der Waals surface area contributed by atoms with E-state index in [4.69, 9.17) is 9.47 Å². The number of hydrogen-bond acceptors (Lipinski definition) is 4. The lowest BCUT2D eigenvalue weighted by Crippen LogP contribution is -2.19. The van der Waals surface area contributed by atoms with Crippen molar-refractivity contribution < 1.29 is 19.7 Å². The van der Waals surface area contributed by atoms with Crippen molar-refractivity contribution in [3.8, 4) is 11.5 Å². The fraction of sp³-hybridized carbons (Fsp3) is 0.429. The van der Waals surface area contributed by atoms with Crippen LogP contribution in [0.2, 0.25) is 0 Å². The van der Waals surface area contributed by atoms with Crippen molar-refractivity contribution in [2.24, 2.45) is 0 Å².